The van der Waals surface area contributed by atoms with Gasteiger partial charge in [-0.3, -0.25) is 4.68 Å². The first-order chi connectivity index (χ1) is 23.8. The molecule has 3 aromatic carbocycles. The van der Waals surface area contributed by atoms with Gasteiger partial charge in [-0.1, -0.05) is 35.9 Å². The Morgan fingerprint density at radius 3 is 2.57 bits per heavy atom. The lowest BCUT2D eigenvalue weighted by Crippen LogP contribution is -2.48. The lowest BCUT2D eigenvalue weighted by Gasteiger charge is -2.40. The SMILES string of the molecule is COCCCN1CCOc2ccc(C(O[C@H]3CN[C@@H](C[C@H](C)n4cncn4)C[C@@H]3c3ccc(OC)cc3)S(=O)(=O)c3ccc(C)cc3)cc21. The Morgan fingerprint density at radius 2 is 1.86 bits per heavy atom. The number of fused-ring (bicyclic) bond motifs is 1. The first-order valence-corrected chi connectivity index (χ1v) is 18.5. The Hall–Kier alpha value is -3.97. The van der Waals surface area contributed by atoms with Crippen molar-refractivity contribution < 1.29 is 27.4 Å². The number of hydrogen-bond donors (Lipinski definition) is 1. The van der Waals surface area contributed by atoms with Gasteiger partial charge in [-0.25, -0.2) is 13.4 Å². The summed E-state index contributed by atoms with van der Waals surface area (Å²) in [7, 11) is -0.636. The fraction of sp³-hybridized carbons (Fsp3) is 0.459. The molecule has 1 aromatic heterocycles. The van der Waals surface area contributed by atoms with Crippen LogP contribution in [0.3, 0.4) is 0 Å². The largest absolute Gasteiger partial charge is 0.497 e. The molecule has 0 bridgehead atoms. The normalized spacial score (nSPS) is 20.7. The molecule has 2 aliphatic rings. The molecular weight excluding hydrogens is 643 g/mol. The van der Waals surface area contributed by atoms with Crippen molar-refractivity contribution in [1.82, 2.24) is 20.1 Å². The van der Waals surface area contributed by atoms with Gasteiger partial charge in [0, 0.05) is 38.8 Å². The molecule has 0 radical (unpaired) electrons. The molecule has 2 aliphatic heterocycles. The van der Waals surface area contributed by atoms with E-state index < -0.39 is 21.4 Å². The van der Waals surface area contributed by atoms with Gasteiger partial charge in [0.1, 0.15) is 30.8 Å². The third-order valence-electron chi connectivity index (χ3n) is 9.57. The molecular formula is C37H47N5O6S. The van der Waals surface area contributed by atoms with Gasteiger partial charge < -0.3 is 29.2 Å². The summed E-state index contributed by atoms with van der Waals surface area (Å²) in [5.41, 5.74) is 2.23. The van der Waals surface area contributed by atoms with Crippen molar-refractivity contribution >= 4 is 15.5 Å². The first kappa shape index (κ1) is 34.9. The number of aromatic nitrogens is 3. The van der Waals surface area contributed by atoms with Crippen molar-refractivity contribution in [2.75, 3.05) is 52.0 Å². The van der Waals surface area contributed by atoms with E-state index in [4.69, 9.17) is 18.9 Å². The molecule has 6 rings (SSSR count). The van der Waals surface area contributed by atoms with Crippen molar-refractivity contribution in [3.63, 3.8) is 0 Å². The minimum Gasteiger partial charge on any atom is -0.497 e. The van der Waals surface area contributed by atoms with Gasteiger partial charge in [0.25, 0.3) is 0 Å². The van der Waals surface area contributed by atoms with Gasteiger partial charge in [0.2, 0.25) is 9.84 Å². The van der Waals surface area contributed by atoms with E-state index in [1.807, 2.05) is 54.1 Å². The molecule has 12 heteroatoms. The maximum atomic E-state index is 14.6. The van der Waals surface area contributed by atoms with E-state index in [9.17, 15) is 8.42 Å². The summed E-state index contributed by atoms with van der Waals surface area (Å²) in [5, 5.41) is 8.02. The Balaban J connectivity index is 1.35. The summed E-state index contributed by atoms with van der Waals surface area (Å²) in [4.78, 5) is 6.57. The van der Waals surface area contributed by atoms with Gasteiger partial charge in [-0.15, -0.1) is 0 Å². The molecule has 0 saturated carbocycles. The van der Waals surface area contributed by atoms with Crippen molar-refractivity contribution in [2.24, 2.45) is 0 Å². The molecule has 4 aromatic rings. The minimum atomic E-state index is -3.98. The Morgan fingerprint density at radius 1 is 1.06 bits per heavy atom. The molecule has 49 heavy (non-hydrogen) atoms. The second-order valence-corrected chi connectivity index (χ2v) is 14.9. The van der Waals surface area contributed by atoms with E-state index in [0.717, 1.165) is 54.1 Å². The molecule has 1 unspecified atom stereocenters. The van der Waals surface area contributed by atoms with E-state index in [-0.39, 0.29) is 22.9 Å². The number of ether oxygens (including phenoxy) is 4. The van der Waals surface area contributed by atoms with Crippen LogP contribution in [0.2, 0.25) is 0 Å². The molecule has 262 valence electrons. The molecule has 3 heterocycles. The third kappa shape index (κ3) is 8.09. The summed E-state index contributed by atoms with van der Waals surface area (Å²) >= 11 is 0. The summed E-state index contributed by atoms with van der Waals surface area (Å²) < 4.78 is 54.7. The van der Waals surface area contributed by atoms with E-state index >= 15 is 0 Å². The van der Waals surface area contributed by atoms with Crippen LogP contribution < -0.4 is 19.7 Å². The smallest absolute Gasteiger partial charge is 0.209 e. The summed E-state index contributed by atoms with van der Waals surface area (Å²) in [6, 6.07) is 20.9. The van der Waals surface area contributed by atoms with Crippen molar-refractivity contribution in [3.8, 4) is 11.5 Å². The number of anilines is 1. The van der Waals surface area contributed by atoms with Crippen LogP contribution >= 0.6 is 0 Å². The third-order valence-corrected chi connectivity index (χ3v) is 11.4. The van der Waals surface area contributed by atoms with Crippen molar-refractivity contribution in [2.45, 2.75) is 67.5 Å². The number of nitrogens with one attached hydrogen (secondary N) is 1. The van der Waals surface area contributed by atoms with Crippen molar-refractivity contribution in [1.29, 1.82) is 0 Å². The average Bonchev–Trinajstić information content (AvgIpc) is 3.67. The maximum Gasteiger partial charge on any atom is 0.209 e. The summed E-state index contributed by atoms with van der Waals surface area (Å²) in [6.45, 7) is 7.22. The lowest BCUT2D eigenvalue weighted by atomic mass is 9.82. The molecule has 1 N–H and O–H groups in total. The van der Waals surface area contributed by atoms with Crippen LogP contribution in [0, 0.1) is 6.92 Å². The van der Waals surface area contributed by atoms with Gasteiger partial charge >= 0.3 is 0 Å². The van der Waals surface area contributed by atoms with Crippen LogP contribution in [0.5, 0.6) is 11.5 Å². The number of methoxy groups -OCH3 is 2. The standard InChI is InChI=1S/C37H47N5O6S/c1-26-6-13-32(14-7-26)49(43,44)37(29-10-15-35-34(21-29)41(17-19-47-35)16-5-18-45-3)48-36-23-39-30(20-27(2)42-25-38-24-40-42)22-33(36)28-8-11-31(46-4)12-9-28/h6-15,21,24-25,27,30,33,36-37,39H,5,16-20,22-23H2,1-4H3/t27-,30-,33+,36-,37?/m0/s1. The molecule has 5 atom stereocenters. The number of piperidine rings is 1. The van der Waals surface area contributed by atoms with Crippen LogP contribution in [0.25, 0.3) is 0 Å². The van der Waals surface area contributed by atoms with E-state index in [2.05, 4.69) is 39.4 Å². The highest BCUT2D eigenvalue weighted by Gasteiger charge is 2.39. The zero-order valence-electron chi connectivity index (χ0n) is 28.7. The zero-order chi connectivity index (χ0) is 34.4. The molecule has 1 saturated heterocycles. The average molecular weight is 690 g/mol. The number of sulfone groups is 1. The number of aryl methyl sites for hydroxylation is 1. The molecule has 0 spiro atoms. The fourth-order valence-electron chi connectivity index (χ4n) is 6.87. The van der Waals surface area contributed by atoms with Crippen molar-refractivity contribution in [3.05, 3.63) is 96.1 Å². The highest BCUT2D eigenvalue weighted by atomic mass is 32.2. The predicted octanol–water partition coefficient (Wildman–Crippen LogP) is 5.49. The second-order valence-electron chi connectivity index (χ2n) is 13.0. The Kier molecular flexibility index (Phi) is 11.2. The summed E-state index contributed by atoms with van der Waals surface area (Å²) in [6.07, 6.45) is 5.27. The summed E-state index contributed by atoms with van der Waals surface area (Å²) in [5.74, 6) is 1.42. The van der Waals surface area contributed by atoms with Crippen LogP contribution in [0.15, 0.2) is 84.3 Å². The highest BCUT2D eigenvalue weighted by molar-refractivity contribution is 7.91. The van der Waals surface area contributed by atoms with Gasteiger partial charge in [-0.2, -0.15) is 5.10 Å². The first-order valence-electron chi connectivity index (χ1n) is 16.9. The Bertz CT molecular complexity index is 1750. The van der Waals surface area contributed by atoms with Gasteiger partial charge in [0.15, 0.2) is 5.44 Å². The van der Waals surface area contributed by atoms with Crippen LogP contribution in [-0.4, -0.2) is 82.4 Å². The minimum absolute atomic E-state index is 0.0812. The molecule has 0 amide bonds. The molecule has 0 aliphatic carbocycles. The number of rotatable bonds is 14. The predicted molar refractivity (Wildman–Crippen MR) is 188 cm³/mol. The molecule has 1 fully saturated rings. The number of hydrogen-bond acceptors (Lipinski definition) is 10. The zero-order valence-corrected chi connectivity index (χ0v) is 29.5. The quantitative estimate of drug-likeness (QED) is 0.171. The van der Waals surface area contributed by atoms with Crippen LogP contribution in [0.1, 0.15) is 60.3 Å². The van der Waals surface area contributed by atoms with Gasteiger partial charge in [0.05, 0.1) is 36.4 Å². The monoisotopic (exact) mass is 689 g/mol. The maximum absolute atomic E-state index is 14.6. The fourth-order valence-corrected chi connectivity index (χ4v) is 8.42. The topological polar surface area (TPSA) is 117 Å². The van der Waals surface area contributed by atoms with E-state index in [0.29, 0.717) is 31.9 Å². The van der Waals surface area contributed by atoms with Gasteiger partial charge in [-0.05, 0) is 80.6 Å². The number of benzene rings is 3. The Labute approximate surface area is 289 Å². The molecule has 11 nitrogen and oxygen atoms in total. The van der Waals surface area contributed by atoms with E-state index in [1.54, 1.807) is 39.0 Å². The van der Waals surface area contributed by atoms with Crippen LogP contribution in [0.4, 0.5) is 5.69 Å². The highest BCUT2D eigenvalue weighted by Crippen LogP contribution is 2.42. The van der Waals surface area contributed by atoms with Crippen LogP contribution in [-0.2, 0) is 19.3 Å². The second kappa shape index (κ2) is 15.7. The van der Waals surface area contributed by atoms with E-state index in [1.165, 1.54) is 0 Å². The lowest BCUT2D eigenvalue weighted by molar-refractivity contribution is -0.00755. The number of nitrogens with zero attached hydrogens (tertiary/aromatic N) is 4.